The van der Waals surface area contributed by atoms with Crippen molar-refractivity contribution in [3.8, 4) is 0 Å². The highest BCUT2D eigenvalue weighted by atomic mass is 32.2. The molecule has 1 aromatic heterocycles. The fourth-order valence-electron chi connectivity index (χ4n) is 2.57. The number of nitrogens with one attached hydrogen (secondary N) is 1. The van der Waals surface area contributed by atoms with Crippen molar-refractivity contribution < 1.29 is 8.42 Å². The van der Waals surface area contributed by atoms with E-state index in [0.29, 0.717) is 19.1 Å². The van der Waals surface area contributed by atoms with Crippen molar-refractivity contribution in [2.45, 2.75) is 38.8 Å². The van der Waals surface area contributed by atoms with Crippen molar-refractivity contribution in [2.75, 3.05) is 29.5 Å². The zero-order valence-electron chi connectivity index (χ0n) is 12.5. The van der Waals surface area contributed by atoms with E-state index in [0.717, 1.165) is 24.5 Å². The van der Waals surface area contributed by atoms with Gasteiger partial charge >= 0.3 is 0 Å². The van der Waals surface area contributed by atoms with E-state index in [2.05, 4.69) is 34.3 Å². The zero-order chi connectivity index (χ0) is 14.9. The third-order valence-electron chi connectivity index (χ3n) is 4.13. The van der Waals surface area contributed by atoms with E-state index in [-0.39, 0.29) is 11.5 Å². The number of rotatable bonds is 5. The molecule has 0 spiro atoms. The van der Waals surface area contributed by atoms with E-state index >= 15 is 0 Å². The summed E-state index contributed by atoms with van der Waals surface area (Å²) < 4.78 is 23.1. The van der Waals surface area contributed by atoms with Crippen LogP contribution >= 0.6 is 0 Å². The Labute approximate surface area is 126 Å². The highest BCUT2D eigenvalue weighted by Gasteiger charge is 2.23. The summed E-state index contributed by atoms with van der Waals surface area (Å²) in [4.78, 5) is 6.77. The number of aromatic nitrogens is 1. The van der Waals surface area contributed by atoms with E-state index in [4.69, 9.17) is 0 Å². The minimum absolute atomic E-state index is 0.237. The highest BCUT2D eigenvalue weighted by molar-refractivity contribution is 7.91. The van der Waals surface area contributed by atoms with Crippen LogP contribution in [0.1, 0.15) is 31.0 Å². The van der Waals surface area contributed by atoms with Gasteiger partial charge in [-0.25, -0.2) is 13.4 Å². The van der Waals surface area contributed by atoms with Crippen LogP contribution in [0.4, 0.5) is 5.82 Å². The van der Waals surface area contributed by atoms with Gasteiger partial charge in [0, 0.05) is 31.4 Å². The Hall–Kier alpha value is -1.14. The van der Waals surface area contributed by atoms with Gasteiger partial charge in [-0.1, -0.05) is 6.92 Å². The summed E-state index contributed by atoms with van der Waals surface area (Å²) in [7, 11) is -2.84. The average Bonchev–Trinajstić information content (AvgIpc) is 3.29. The first-order valence-corrected chi connectivity index (χ1v) is 9.56. The smallest absolute Gasteiger partial charge is 0.153 e. The van der Waals surface area contributed by atoms with Crippen LogP contribution in [0.2, 0.25) is 0 Å². The average molecular weight is 309 g/mol. The van der Waals surface area contributed by atoms with Crippen LogP contribution in [-0.2, 0) is 22.8 Å². The second-order valence-electron chi connectivity index (χ2n) is 5.97. The van der Waals surface area contributed by atoms with Crippen molar-refractivity contribution in [1.82, 2.24) is 10.3 Å². The number of sulfone groups is 1. The van der Waals surface area contributed by atoms with Gasteiger partial charge < -0.3 is 10.2 Å². The molecule has 21 heavy (non-hydrogen) atoms. The molecule has 1 saturated heterocycles. The van der Waals surface area contributed by atoms with E-state index in [1.165, 1.54) is 18.4 Å². The van der Waals surface area contributed by atoms with Crippen molar-refractivity contribution in [1.29, 1.82) is 0 Å². The van der Waals surface area contributed by atoms with Gasteiger partial charge in [0.1, 0.15) is 5.82 Å². The second kappa shape index (κ2) is 5.93. The Balaban J connectivity index is 1.75. The standard InChI is InChI=1S/C15H23N3O2S/c1-2-13-9-12(11-16-14-3-4-14)10-15(17-13)18-5-7-21(19,20)8-6-18/h9-10,14,16H,2-8,11H2,1H3. The number of anilines is 1. The third kappa shape index (κ3) is 3.95. The normalized spacial score (nSPS) is 21.5. The first-order chi connectivity index (χ1) is 10.1. The molecule has 116 valence electrons. The molecule has 0 radical (unpaired) electrons. The first-order valence-electron chi connectivity index (χ1n) is 7.74. The summed E-state index contributed by atoms with van der Waals surface area (Å²) in [6, 6.07) is 4.94. The molecule has 6 heteroatoms. The van der Waals surface area contributed by atoms with Crippen LogP contribution in [0.15, 0.2) is 12.1 Å². The highest BCUT2D eigenvalue weighted by Crippen LogP contribution is 2.21. The Morgan fingerprint density at radius 3 is 2.62 bits per heavy atom. The summed E-state index contributed by atoms with van der Waals surface area (Å²) in [5.41, 5.74) is 2.32. The van der Waals surface area contributed by atoms with Gasteiger partial charge in [-0.15, -0.1) is 0 Å². The van der Waals surface area contributed by atoms with E-state index in [1.54, 1.807) is 0 Å². The van der Waals surface area contributed by atoms with E-state index < -0.39 is 9.84 Å². The number of hydrogen-bond donors (Lipinski definition) is 1. The van der Waals surface area contributed by atoms with Crippen molar-refractivity contribution >= 4 is 15.7 Å². The van der Waals surface area contributed by atoms with Crippen LogP contribution < -0.4 is 10.2 Å². The van der Waals surface area contributed by atoms with Crippen molar-refractivity contribution in [3.63, 3.8) is 0 Å². The quantitative estimate of drug-likeness (QED) is 0.883. The maximum Gasteiger partial charge on any atom is 0.153 e. The SMILES string of the molecule is CCc1cc(CNC2CC2)cc(N2CCS(=O)(=O)CC2)n1. The summed E-state index contributed by atoms with van der Waals surface area (Å²) >= 11 is 0. The molecule has 2 heterocycles. The minimum atomic E-state index is -2.84. The topological polar surface area (TPSA) is 62.3 Å². The fourth-order valence-corrected chi connectivity index (χ4v) is 3.77. The Morgan fingerprint density at radius 2 is 2.00 bits per heavy atom. The number of aryl methyl sites for hydroxylation is 1. The lowest BCUT2D eigenvalue weighted by Crippen LogP contribution is -2.40. The molecule has 2 fully saturated rings. The third-order valence-corrected chi connectivity index (χ3v) is 5.74. The molecule has 1 N–H and O–H groups in total. The Kier molecular flexibility index (Phi) is 4.17. The number of nitrogens with zero attached hydrogens (tertiary/aromatic N) is 2. The Bertz CT molecular complexity index is 597. The fraction of sp³-hybridized carbons (Fsp3) is 0.667. The molecule has 0 amide bonds. The predicted molar refractivity (Wildman–Crippen MR) is 84.3 cm³/mol. The summed E-state index contributed by atoms with van der Waals surface area (Å²) in [6.07, 6.45) is 3.46. The van der Waals surface area contributed by atoms with Crippen LogP contribution in [-0.4, -0.2) is 44.0 Å². The van der Waals surface area contributed by atoms with Gasteiger partial charge in [-0.3, -0.25) is 0 Å². The molecular formula is C15H23N3O2S. The van der Waals surface area contributed by atoms with Crippen LogP contribution in [0.5, 0.6) is 0 Å². The molecule has 1 aliphatic carbocycles. The van der Waals surface area contributed by atoms with Gasteiger partial charge in [-0.2, -0.15) is 0 Å². The van der Waals surface area contributed by atoms with Crippen LogP contribution in [0.25, 0.3) is 0 Å². The maximum atomic E-state index is 11.5. The lowest BCUT2D eigenvalue weighted by molar-refractivity contribution is 0.586. The van der Waals surface area contributed by atoms with Crippen molar-refractivity contribution in [3.05, 3.63) is 23.4 Å². The maximum absolute atomic E-state index is 11.5. The predicted octanol–water partition coefficient (Wildman–Crippen LogP) is 1.13. The second-order valence-corrected chi connectivity index (χ2v) is 8.28. The summed E-state index contributed by atoms with van der Waals surface area (Å²) in [6.45, 7) is 4.08. The monoisotopic (exact) mass is 309 g/mol. The molecule has 0 atom stereocenters. The van der Waals surface area contributed by atoms with E-state index in [9.17, 15) is 8.42 Å². The molecule has 1 saturated carbocycles. The first kappa shape index (κ1) is 14.8. The molecule has 1 aliphatic heterocycles. The Morgan fingerprint density at radius 1 is 1.29 bits per heavy atom. The van der Waals surface area contributed by atoms with Gasteiger partial charge in [0.2, 0.25) is 0 Å². The summed E-state index contributed by atoms with van der Waals surface area (Å²) in [5, 5.41) is 3.53. The van der Waals surface area contributed by atoms with Gasteiger partial charge in [0.15, 0.2) is 9.84 Å². The van der Waals surface area contributed by atoms with Gasteiger partial charge in [0.25, 0.3) is 0 Å². The summed E-state index contributed by atoms with van der Waals surface area (Å²) in [5.74, 6) is 1.40. The molecule has 1 aromatic rings. The van der Waals surface area contributed by atoms with E-state index in [1.807, 2.05) is 0 Å². The lowest BCUT2D eigenvalue weighted by Gasteiger charge is -2.28. The van der Waals surface area contributed by atoms with Crippen LogP contribution in [0.3, 0.4) is 0 Å². The van der Waals surface area contributed by atoms with Gasteiger partial charge in [0.05, 0.1) is 11.5 Å². The minimum Gasteiger partial charge on any atom is -0.355 e. The molecule has 0 unspecified atom stereocenters. The lowest BCUT2D eigenvalue weighted by atomic mass is 10.2. The number of hydrogen-bond acceptors (Lipinski definition) is 5. The number of pyridine rings is 1. The molecule has 0 bridgehead atoms. The zero-order valence-corrected chi connectivity index (χ0v) is 13.3. The molecular weight excluding hydrogens is 286 g/mol. The molecule has 0 aromatic carbocycles. The molecule has 2 aliphatic rings. The molecule has 5 nitrogen and oxygen atoms in total. The van der Waals surface area contributed by atoms with Crippen molar-refractivity contribution in [2.24, 2.45) is 0 Å². The van der Waals surface area contributed by atoms with Gasteiger partial charge in [-0.05, 0) is 37.0 Å². The van der Waals surface area contributed by atoms with Crippen LogP contribution in [0, 0.1) is 0 Å². The molecule has 3 rings (SSSR count). The largest absolute Gasteiger partial charge is 0.355 e.